The Bertz CT molecular complexity index is 858. The van der Waals surface area contributed by atoms with Gasteiger partial charge in [-0.25, -0.2) is 4.79 Å². The van der Waals surface area contributed by atoms with Crippen molar-refractivity contribution in [3.8, 4) is 5.69 Å². The molecule has 0 spiro atoms. The number of carbonyl (C=O) groups excluding carboxylic acids is 1. The molecule has 2 rings (SSSR count). The van der Waals surface area contributed by atoms with Gasteiger partial charge in [-0.3, -0.25) is 14.2 Å². The number of nitrogens with one attached hydrogen (secondary N) is 1. The number of methoxy groups -OCH3 is 1. The summed E-state index contributed by atoms with van der Waals surface area (Å²) in [6.45, 7) is 2.59. The van der Waals surface area contributed by atoms with Crippen molar-refractivity contribution in [3.05, 3.63) is 55.8 Å². The van der Waals surface area contributed by atoms with Crippen LogP contribution in [0.15, 0.2) is 33.9 Å². The number of carbonyl (C=O) groups is 1. The molecule has 25 heavy (non-hydrogen) atoms. The minimum absolute atomic E-state index is 0.123. The highest BCUT2D eigenvalue weighted by Crippen LogP contribution is 2.11. The summed E-state index contributed by atoms with van der Waals surface area (Å²) < 4.78 is 6.89. The Morgan fingerprint density at radius 1 is 1.28 bits per heavy atom. The monoisotopic (exact) mass is 366 g/mol. The summed E-state index contributed by atoms with van der Waals surface area (Å²) in [7, 11) is 1.56. The zero-order chi connectivity index (χ0) is 18.4. The number of benzene rings is 1. The van der Waals surface area contributed by atoms with Crippen LogP contribution in [-0.4, -0.2) is 40.5 Å². The highest BCUT2D eigenvalue weighted by atomic mass is 35.5. The van der Waals surface area contributed by atoms with E-state index in [4.69, 9.17) is 16.3 Å². The molecule has 0 aliphatic rings. The number of amides is 1. The molecule has 134 valence electrons. The average Bonchev–Trinajstić information content (AvgIpc) is 2.60. The summed E-state index contributed by atoms with van der Waals surface area (Å²) in [4.78, 5) is 37.1. The normalized spacial score (nSPS) is 10.7. The molecule has 2 aromatic rings. The van der Waals surface area contributed by atoms with Gasteiger partial charge in [0.15, 0.2) is 0 Å². The van der Waals surface area contributed by atoms with Gasteiger partial charge in [-0.05, 0) is 37.6 Å². The van der Waals surface area contributed by atoms with Gasteiger partial charge in [-0.15, -0.1) is 0 Å². The Labute approximate surface area is 149 Å². The van der Waals surface area contributed by atoms with E-state index in [1.165, 1.54) is 0 Å². The van der Waals surface area contributed by atoms with Gasteiger partial charge in [0.25, 0.3) is 11.5 Å². The van der Waals surface area contributed by atoms with E-state index >= 15 is 0 Å². The van der Waals surface area contributed by atoms with Crippen molar-refractivity contribution in [1.29, 1.82) is 0 Å². The molecule has 1 amide bonds. The van der Waals surface area contributed by atoms with Crippen LogP contribution >= 0.6 is 11.6 Å². The summed E-state index contributed by atoms with van der Waals surface area (Å²) in [5, 5.41) is 7.06. The fraction of sp³-hybridized carbons (Fsp3) is 0.375. The van der Waals surface area contributed by atoms with Crippen molar-refractivity contribution in [1.82, 2.24) is 19.7 Å². The second kappa shape index (κ2) is 8.59. The molecule has 0 radical (unpaired) electrons. The van der Waals surface area contributed by atoms with Crippen molar-refractivity contribution in [2.75, 3.05) is 20.3 Å². The minimum Gasteiger partial charge on any atom is -0.385 e. The van der Waals surface area contributed by atoms with Crippen LogP contribution in [0.2, 0.25) is 5.02 Å². The molecule has 0 fully saturated rings. The van der Waals surface area contributed by atoms with E-state index in [0.29, 0.717) is 30.3 Å². The topological polar surface area (TPSA) is 95.2 Å². The van der Waals surface area contributed by atoms with Crippen LogP contribution in [0, 0.1) is 0 Å². The number of ether oxygens (including phenoxy) is 1. The lowest BCUT2D eigenvalue weighted by Crippen LogP contribution is -2.45. The molecule has 1 aromatic heterocycles. The van der Waals surface area contributed by atoms with E-state index in [-0.39, 0.29) is 12.2 Å². The number of aromatic nitrogens is 3. The molecule has 0 aliphatic heterocycles. The van der Waals surface area contributed by atoms with Crippen molar-refractivity contribution in [2.45, 2.75) is 19.9 Å². The number of hydrogen-bond donors (Lipinski definition) is 1. The largest absolute Gasteiger partial charge is 0.385 e. The minimum atomic E-state index is -0.720. The average molecular weight is 367 g/mol. The predicted octanol–water partition coefficient (Wildman–Crippen LogP) is 0.834. The second-order valence-corrected chi connectivity index (χ2v) is 5.61. The molecule has 8 nitrogen and oxygen atoms in total. The molecule has 0 bridgehead atoms. The van der Waals surface area contributed by atoms with Crippen LogP contribution in [0.5, 0.6) is 0 Å². The fourth-order valence-electron chi connectivity index (χ4n) is 2.19. The fourth-order valence-corrected chi connectivity index (χ4v) is 2.31. The van der Waals surface area contributed by atoms with Crippen LogP contribution in [0.1, 0.15) is 23.8 Å². The SMILES string of the molecule is CCn1c(=O)c(C(=O)NCCCOC)nn(-c2ccc(Cl)cc2)c1=O. The molecular formula is C16H19ClN4O4. The lowest BCUT2D eigenvalue weighted by Gasteiger charge is -2.11. The number of hydrogen-bond acceptors (Lipinski definition) is 5. The maximum atomic E-state index is 12.5. The van der Waals surface area contributed by atoms with Gasteiger partial charge < -0.3 is 10.1 Å². The van der Waals surface area contributed by atoms with E-state index in [9.17, 15) is 14.4 Å². The zero-order valence-electron chi connectivity index (χ0n) is 14.0. The highest BCUT2D eigenvalue weighted by molar-refractivity contribution is 6.30. The third kappa shape index (κ3) is 4.34. The Hall–Kier alpha value is -2.45. The van der Waals surface area contributed by atoms with Crippen molar-refractivity contribution < 1.29 is 9.53 Å². The standard InChI is InChI=1S/C16H19ClN4O4/c1-3-20-15(23)13(14(22)18-9-4-10-25-2)19-21(16(20)24)12-7-5-11(17)6-8-12/h5-8H,3-4,9-10H2,1-2H3,(H,18,22). The predicted molar refractivity (Wildman–Crippen MR) is 93.6 cm³/mol. The number of halogens is 1. The maximum absolute atomic E-state index is 12.5. The summed E-state index contributed by atoms with van der Waals surface area (Å²) in [5.74, 6) is -0.633. The Morgan fingerprint density at radius 2 is 1.96 bits per heavy atom. The van der Waals surface area contributed by atoms with Crippen LogP contribution < -0.4 is 16.6 Å². The third-order valence-electron chi connectivity index (χ3n) is 3.47. The number of rotatable bonds is 7. The molecule has 0 saturated carbocycles. The van der Waals surface area contributed by atoms with E-state index in [1.54, 1.807) is 38.3 Å². The van der Waals surface area contributed by atoms with Crippen molar-refractivity contribution >= 4 is 17.5 Å². The van der Waals surface area contributed by atoms with E-state index in [1.807, 2.05) is 0 Å². The quantitative estimate of drug-likeness (QED) is 0.732. The molecule has 1 aromatic carbocycles. The Balaban J connectivity index is 2.45. The first-order valence-electron chi connectivity index (χ1n) is 7.76. The molecule has 1 heterocycles. The first kappa shape index (κ1) is 18.9. The second-order valence-electron chi connectivity index (χ2n) is 5.17. The van der Waals surface area contributed by atoms with Crippen molar-refractivity contribution in [2.24, 2.45) is 0 Å². The van der Waals surface area contributed by atoms with Gasteiger partial charge in [0, 0.05) is 31.8 Å². The summed E-state index contributed by atoms with van der Waals surface area (Å²) >= 11 is 5.85. The summed E-state index contributed by atoms with van der Waals surface area (Å²) in [6.07, 6.45) is 0.598. The Kier molecular flexibility index (Phi) is 6.49. The molecule has 0 aliphatic carbocycles. The maximum Gasteiger partial charge on any atom is 0.352 e. The first-order valence-corrected chi connectivity index (χ1v) is 8.14. The molecule has 9 heteroatoms. The molecule has 0 saturated heterocycles. The van der Waals surface area contributed by atoms with Gasteiger partial charge in [-0.2, -0.15) is 9.78 Å². The van der Waals surface area contributed by atoms with Gasteiger partial charge >= 0.3 is 5.69 Å². The highest BCUT2D eigenvalue weighted by Gasteiger charge is 2.19. The van der Waals surface area contributed by atoms with Crippen LogP contribution in [0.3, 0.4) is 0 Å². The van der Waals surface area contributed by atoms with E-state index in [0.717, 1.165) is 9.25 Å². The zero-order valence-corrected chi connectivity index (χ0v) is 14.7. The van der Waals surface area contributed by atoms with Gasteiger partial charge in [0.2, 0.25) is 5.69 Å². The van der Waals surface area contributed by atoms with E-state index < -0.39 is 17.2 Å². The molecule has 0 unspecified atom stereocenters. The van der Waals surface area contributed by atoms with Gasteiger partial charge in [0.05, 0.1) is 5.69 Å². The molecular weight excluding hydrogens is 348 g/mol. The molecule has 0 atom stereocenters. The first-order chi connectivity index (χ1) is 12.0. The van der Waals surface area contributed by atoms with Crippen LogP contribution in [0.25, 0.3) is 5.69 Å². The van der Waals surface area contributed by atoms with Gasteiger partial charge in [0.1, 0.15) is 0 Å². The third-order valence-corrected chi connectivity index (χ3v) is 3.73. The smallest absolute Gasteiger partial charge is 0.352 e. The van der Waals surface area contributed by atoms with Crippen molar-refractivity contribution in [3.63, 3.8) is 0 Å². The lowest BCUT2D eigenvalue weighted by molar-refractivity contribution is 0.0938. The van der Waals surface area contributed by atoms with E-state index in [2.05, 4.69) is 10.4 Å². The summed E-state index contributed by atoms with van der Waals surface area (Å²) in [5.41, 5.74) is -1.27. The Morgan fingerprint density at radius 3 is 2.56 bits per heavy atom. The van der Waals surface area contributed by atoms with Crippen LogP contribution in [0.4, 0.5) is 0 Å². The molecule has 1 N–H and O–H groups in total. The van der Waals surface area contributed by atoms with Crippen LogP contribution in [-0.2, 0) is 11.3 Å². The van der Waals surface area contributed by atoms with Gasteiger partial charge in [-0.1, -0.05) is 11.6 Å². The number of nitrogens with zero attached hydrogens (tertiary/aromatic N) is 3. The lowest BCUT2D eigenvalue weighted by atomic mass is 10.3. The summed E-state index contributed by atoms with van der Waals surface area (Å²) in [6, 6.07) is 6.36.